The lowest BCUT2D eigenvalue weighted by Crippen LogP contribution is -2.32. The highest BCUT2D eigenvalue weighted by Crippen LogP contribution is 2.26. The summed E-state index contributed by atoms with van der Waals surface area (Å²) >= 11 is 0. The smallest absolute Gasteiger partial charge is 0.261 e. The molecule has 0 unspecified atom stereocenters. The number of fused-ring (bicyclic) bond motifs is 1. The average molecular weight is 278 g/mol. The maximum atomic E-state index is 12.1. The van der Waals surface area contributed by atoms with Gasteiger partial charge in [0.15, 0.2) is 0 Å². The second-order valence-electron chi connectivity index (χ2n) is 4.84. The van der Waals surface area contributed by atoms with Crippen LogP contribution in [-0.4, -0.2) is 67.1 Å². The van der Waals surface area contributed by atoms with Crippen molar-refractivity contribution < 1.29 is 19.4 Å². The van der Waals surface area contributed by atoms with E-state index in [2.05, 4.69) is 0 Å². The summed E-state index contributed by atoms with van der Waals surface area (Å²) < 4.78 is 5.55. The number of carbonyl (C=O) groups is 2. The highest BCUT2D eigenvalue weighted by molar-refractivity contribution is 6.21. The van der Waals surface area contributed by atoms with Crippen LogP contribution in [0.25, 0.3) is 0 Å². The highest BCUT2D eigenvalue weighted by Gasteiger charge is 2.35. The Kier molecular flexibility index (Phi) is 4.36. The molecule has 0 aromatic heterocycles. The number of amides is 2. The quantitative estimate of drug-likeness (QED) is 0.754. The molecule has 0 bridgehead atoms. The maximum absolute atomic E-state index is 12.1. The number of nitrogens with zero attached hydrogens (tertiary/aromatic N) is 2. The molecule has 0 fully saturated rings. The number of imide groups is 1. The first-order valence-electron chi connectivity index (χ1n) is 6.43. The highest BCUT2D eigenvalue weighted by atomic mass is 16.5. The monoisotopic (exact) mass is 278 g/mol. The molecule has 2 amide bonds. The van der Waals surface area contributed by atoms with Gasteiger partial charge in [0.05, 0.1) is 24.3 Å². The number of hydrogen-bond donors (Lipinski definition) is 1. The third kappa shape index (κ3) is 2.81. The zero-order chi connectivity index (χ0) is 14.7. The number of carbonyl (C=O) groups excluding carboxylic acids is 2. The molecule has 1 aliphatic heterocycles. The molecular weight excluding hydrogens is 260 g/mol. The van der Waals surface area contributed by atoms with Crippen LogP contribution < -0.4 is 4.74 Å². The van der Waals surface area contributed by atoms with Crippen molar-refractivity contribution in [2.45, 2.75) is 0 Å². The normalized spacial score (nSPS) is 14.1. The maximum Gasteiger partial charge on any atom is 0.261 e. The standard InChI is InChI=1S/C14H18N2O4/c1-15(2)6-8-20-10-3-4-11-12(9-10)14(19)16(5-7-17)13(11)18/h3-4,9,17H,5-8H2,1-2H3. The summed E-state index contributed by atoms with van der Waals surface area (Å²) in [6, 6.07) is 4.86. The second kappa shape index (κ2) is 6.02. The van der Waals surface area contributed by atoms with E-state index in [-0.39, 0.29) is 25.0 Å². The van der Waals surface area contributed by atoms with Gasteiger partial charge in [0.2, 0.25) is 0 Å². The fourth-order valence-corrected chi connectivity index (χ4v) is 2.01. The lowest BCUT2D eigenvalue weighted by molar-refractivity contribution is 0.0624. The Labute approximate surface area is 117 Å². The summed E-state index contributed by atoms with van der Waals surface area (Å²) in [5.74, 6) is -0.173. The second-order valence-corrected chi connectivity index (χ2v) is 4.84. The molecule has 0 spiro atoms. The number of rotatable bonds is 6. The van der Waals surface area contributed by atoms with Crippen molar-refractivity contribution in [2.75, 3.05) is 40.4 Å². The van der Waals surface area contributed by atoms with Crippen LogP contribution in [0, 0.1) is 0 Å². The molecule has 20 heavy (non-hydrogen) atoms. The van der Waals surface area contributed by atoms with Crippen LogP contribution >= 0.6 is 0 Å². The van der Waals surface area contributed by atoms with E-state index in [1.807, 2.05) is 19.0 Å². The van der Waals surface area contributed by atoms with Gasteiger partial charge in [-0.15, -0.1) is 0 Å². The van der Waals surface area contributed by atoms with Crippen molar-refractivity contribution in [3.63, 3.8) is 0 Å². The molecule has 1 heterocycles. The van der Waals surface area contributed by atoms with Crippen molar-refractivity contribution in [1.82, 2.24) is 9.80 Å². The molecule has 0 saturated carbocycles. The molecule has 1 N–H and O–H groups in total. The SMILES string of the molecule is CN(C)CCOc1ccc2c(c1)C(=O)N(CCO)C2=O. The molecule has 108 valence electrons. The third-order valence-electron chi connectivity index (χ3n) is 3.07. The summed E-state index contributed by atoms with van der Waals surface area (Å²) in [6.45, 7) is 1.05. The van der Waals surface area contributed by atoms with E-state index in [9.17, 15) is 9.59 Å². The number of β-amino-alcohol motifs (C(OH)–C–C–N with tert-alkyl or cyclic N) is 1. The number of ether oxygens (including phenoxy) is 1. The molecule has 0 aliphatic carbocycles. The van der Waals surface area contributed by atoms with Gasteiger partial charge in [0, 0.05) is 6.54 Å². The summed E-state index contributed by atoms with van der Waals surface area (Å²) in [5, 5.41) is 8.89. The van der Waals surface area contributed by atoms with Crippen molar-refractivity contribution in [3.05, 3.63) is 29.3 Å². The van der Waals surface area contributed by atoms with E-state index in [4.69, 9.17) is 9.84 Å². The Morgan fingerprint density at radius 1 is 1.20 bits per heavy atom. The summed E-state index contributed by atoms with van der Waals surface area (Å²) in [6.07, 6.45) is 0. The number of likely N-dealkylation sites (N-methyl/N-ethyl adjacent to an activating group) is 1. The van der Waals surface area contributed by atoms with Gasteiger partial charge in [-0.3, -0.25) is 14.5 Å². The van der Waals surface area contributed by atoms with Crippen LogP contribution in [0.4, 0.5) is 0 Å². The van der Waals surface area contributed by atoms with Gasteiger partial charge in [0.25, 0.3) is 11.8 Å². The van der Waals surface area contributed by atoms with Gasteiger partial charge >= 0.3 is 0 Å². The van der Waals surface area contributed by atoms with Crippen LogP contribution in [0.5, 0.6) is 5.75 Å². The van der Waals surface area contributed by atoms with Crippen LogP contribution in [0.2, 0.25) is 0 Å². The first-order chi connectivity index (χ1) is 9.54. The summed E-state index contributed by atoms with van der Waals surface area (Å²) in [5.41, 5.74) is 0.703. The molecule has 0 atom stereocenters. The van der Waals surface area contributed by atoms with Crippen molar-refractivity contribution in [2.24, 2.45) is 0 Å². The lowest BCUT2D eigenvalue weighted by atomic mass is 10.1. The lowest BCUT2D eigenvalue weighted by Gasteiger charge is -2.11. The first-order valence-corrected chi connectivity index (χ1v) is 6.43. The van der Waals surface area contributed by atoms with Crippen LogP contribution in [-0.2, 0) is 0 Å². The Hall–Kier alpha value is -1.92. The minimum Gasteiger partial charge on any atom is -0.492 e. The van der Waals surface area contributed by atoms with Gasteiger partial charge in [-0.05, 0) is 32.3 Å². The van der Waals surface area contributed by atoms with E-state index in [0.717, 1.165) is 11.4 Å². The van der Waals surface area contributed by atoms with Crippen LogP contribution in [0.3, 0.4) is 0 Å². The predicted molar refractivity (Wildman–Crippen MR) is 72.9 cm³/mol. The summed E-state index contributed by atoms with van der Waals surface area (Å²) in [4.78, 5) is 27.1. The molecule has 2 rings (SSSR count). The van der Waals surface area contributed by atoms with Gasteiger partial charge < -0.3 is 14.7 Å². The molecule has 0 saturated heterocycles. The Balaban J connectivity index is 2.13. The molecule has 6 nitrogen and oxygen atoms in total. The minimum atomic E-state index is -0.378. The Bertz CT molecular complexity index is 528. The first kappa shape index (κ1) is 14.5. The molecule has 6 heteroatoms. The minimum absolute atomic E-state index is 0.0170. The third-order valence-corrected chi connectivity index (χ3v) is 3.07. The number of aliphatic hydroxyl groups excluding tert-OH is 1. The number of aliphatic hydroxyl groups is 1. The van der Waals surface area contributed by atoms with Gasteiger partial charge in [-0.1, -0.05) is 0 Å². The van der Waals surface area contributed by atoms with Crippen LogP contribution in [0.1, 0.15) is 20.7 Å². The van der Waals surface area contributed by atoms with E-state index in [0.29, 0.717) is 23.5 Å². The topological polar surface area (TPSA) is 70.1 Å². The molecular formula is C14H18N2O4. The van der Waals surface area contributed by atoms with Crippen molar-refractivity contribution >= 4 is 11.8 Å². The molecule has 0 radical (unpaired) electrons. The van der Waals surface area contributed by atoms with Crippen molar-refractivity contribution in [1.29, 1.82) is 0 Å². The number of benzene rings is 1. The summed E-state index contributed by atoms with van der Waals surface area (Å²) in [7, 11) is 3.89. The largest absolute Gasteiger partial charge is 0.492 e. The van der Waals surface area contributed by atoms with Crippen LogP contribution in [0.15, 0.2) is 18.2 Å². The van der Waals surface area contributed by atoms with E-state index in [1.54, 1.807) is 18.2 Å². The molecule has 1 aliphatic rings. The zero-order valence-corrected chi connectivity index (χ0v) is 11.6. The van der Waals surface area contributed by atoms with Gasteiger partial charge in [-0.25, -0.2) is 0 Å². The van der Waals surface area contributed by atoms with E-state index >= 15 is 0 Å². The van der Waals surface area contributed by atoms with E-state index in [1.165, 1.54) is 0 Å². The Morgan fingerprint density at radius 2 is 1.90 bits per heavy atom. The fourth-order valence-electron chi connectivity index (χ4n) is 2.01. The van der Waals surface area contributed by atoms with Gasteiger partial charge in [0.1, 0.15) is 12.4 Å². The average Bonchev–Trinajstić information content (AvgIpc) is 2.64. The zero-order valence-electron chi connectivity index (χ0n) is 11.6. The van der Waals surface area contributed by atoms with Crippen molar-refractivity contribution in [3.8, 4) is 5.75 Å². The number of hydrogen-bond acceptors (Lipinski definition) is 5. The Morgan fingerprint density at radius 3 is 2.55 bits per heavy atom. The molecule has 1 aromatic carbocycles. The fraction of sp³-hybridized carbons (Fsp3) is 0.429. The predicted octanol–water partition coefficient (Wildman–Crippen LogP) is 0.215. The molecule has 1 aromatic rings. The van der Waals surface area contributed by atoms with Gasteiger partial charge in [-0.2, -0.15) is 0 Å². The van der Waals surface area contributed by atoms with E-state index < -0.39 is 0 Å².